The van der Waals surface area contributed by atoms with Crippen LogP contribution in [-0.4, -0.2) is 11.5 Å². The lowest BCUT2D eigenvalue weighted by molar-refractivity contribution is -0.145. The molecule has 0 saturated heterocycles. The summed E-state index contributed by atoms with van der Waals surface area (Å²) in [5, 5.41) is 2.17. The highest BCUT2D eigenvalue weighted by atomic mass is 16.7. The molecule has 4 heteroatoms. The number of fused-ring (bicyclic) bond motifs is 3. The summed E-state index contributed by atoms with van der Waals surface area (Å²) in [5.74, 6) is -0.138. The Labute approximate surface area is 148 Å². The molecule has 3 rings (SSSR count). The number of benzene rings is 2. The number of rotatable bonds is 5. The summed E-state index contributed by atoms with van der Waals surface area (Å²) in [6, 6.07) is 12.2. The van der Waals surface area contributed by atoms with Crippen LogP contribution >= 0.6 is 0 Å². The first-order valence-corrected chi connectivity index (χ1v) is 8.57. The maximum atomic E-state index is 12.0. The molecule has 0 atom stereocenters. The monoisotopic (exact) mass is 338 g/mol. The first-order chi connectivity index (χ1) is 11.9. The summed E-state index contributed by atoms with van der Waals surface area (Å²) in [6.07, 6.45) is 1.61. The molecule has 0 aliphatic carbocycles. The minimum atomic E-state index is -0.404. The average Bonchev–Trinajstić information content (AvgIpc) is 2.96. The number of para-hydroxylation sites is 2. The molecule has 0 spiro atoms. The predicted molar refractivity (Wildman–Crippen MR) is 100 cm³/mol. The third-order valence-corrected chi connectivity index (χ3v) is 4.05. The van der Waals surface area contributed by atoms with Crippen molar-refractivity contribution in [2.24, 2.45) is 0 Å². The van der Waals surface area contributed by atoms with Crippen molar-refractivity contribution in [3.8, 4) is 0 Å². The first-order valence-electron chi connectivity index (χ1n) is 8.57. The number of hydrogen-bond donors (Lipinski definition) is 1. The zero-order valence-electron chi connectivity index (χ0n) is 15.0. The SMILES string of the molecule is [CH2]Cc1cccc2c1oc1c(CCC(=O)NOC(C)(C)C)cccc12. The molecule has 131 valence electrons. The Kier molecular flexibility index (Phi) is 4.82. The van der Waals surface area contributed by atoms with Gasteiger partial charge in [-0.25, -0.2) is 5.48 Å². The topological polar surface area (TPSA) is 51.5 Å². The Morgan fingerprint density at radius 1 is 1.08 bits per heavy atom. The predicted octanol–water partition coefficient (Wildman–Crippen LogP) is 4.74. The molecule has 0 fully saturated rings. The van der Waals surface area contributed by atoms with Crippen LogP contribution in [-0.2, 0) is 22.5 Å². The van der Waals surface area contributed by atoms with Gasteiger partial charge in [-0.2, -0.15) is 0 Å². The van der Waals surface area contributed by atoms with Crippen molar-refractivity contribution in [1.29, 1.82) is 0 Å². The van der Waals surface area contributed by atoms with E-state index in [1.807, 2.05) is 45.0 Å². The highest BCUT2D eigenvalue weighted by molar-refractivity contribution is 6.06. The largest absolute Gasteiger partial charge is 0.455 e. The number of carbonyl (C=O) groups is 1. The van der Waals surface area contributed by atoms with Crippen LogP contribution in [0.15, 0.2) is 40.8 Å². The van der Waals surface area contributed by atoms with Crippen molar-refractivity contribution in [2.45, 2.75) is 45.6 Å². The summed E-state index contributed by atoms with van der Waals surface area (Å²) in [6.45, 7) is 9.65. The maximum Gasteiger partial charge on any atom is 0.243 e. The average molecular weight is 338 g/mol. The van der Waals surface area contributed by atoms with Gasteiger partial charge >= 0.3 is 0 Å². The molecule has 0 bridgehead atoms. The van der Waals surface area contributed by atoms with Gasteiger partial charge in [0.15, 0.2) is 0 Å². The molecule has 0 unspecified atom stereocenters. The van der Waals surface area contributed by atoms with Crippen molar-refractivity contribution in [3.63, 3.8) is 0 Å². The Balaban J connectivity index is 1.84. The number of amides is 1. The fourth-order valence-corrected chi connectivity index (χ4v) is 2.84. The van der Waals surface area contributed by atoms with Crippen LogP contribution in [0.25, 0.3) is 21.9 Å². The molecule has 0 aliphatic heterocycles. The quantitative estimate of drug-likeness (QED) is 0.684. The molecule has 4 nitrogen and oxygen atoms in total. The second kappa shape index (κ2) is 6.89. The summed E-state index contributed by atoms with van der Waals surface area (Å²) < 4.78 is 6.15. The molecule has 0 saturated carbocycles. The number of carbonyl (C=O) groups excluding carboxylic acids is 1. The van der Waals surface area contributed by atoms with Gasteiger partial charge in [-0.05, 0) is 51.7 Å². The second-order valence-electron chi connectivity index (χ2n) is 7.18. The van der Waals surface area contributed by atoms with Crippen LogP contribution in [0, 0.1) is 6.92 Å². The number of nitrogens with one attached hydrogen (secondary N) is 1. The van der Waals surface area contributed by atoms with Crippen molar-refractivity contribution < 1.29 is 14.0 Å². The normalized spacial score (nSPS) is 12.0. The summed E-state index contributed by atoms with van der Waals surface area (Å²) in [4.78, 5) is 17.3. The Morgan fingerprint density at radius 3 is 2.28 bits per heavy atom. The Hall–Kier alpha value is -2.33. The van der Waals surface area contributed by atoms with E-state index in [2.05, 4.69) is 24.5 Å². The van der Waals surface area contributed by atoms with Gasteiger partial charge < -0.3 is 4.42 Å². The van der Waals surface area contributed by atoms with Crippen molar-refractivity contribution in [3.05, 3.63) is 54.4 Å². The van der Waals surface area contributed by atoms with Crippen molar-refractivity contribution in [1.82, 2.24) is 5.48 Å². The van der Waals surface area contributed by atoms with Crippen LogP contribution in [0.1, 0.15) is 38.3 Å². The summed E-state index contributed by atoms with van der Waals surface area (Å²) in [5.41, 5.74) is 5.96. The van der Waals surface area contributed by atoms with Crippen LogP contribution in [0.3, 0.4) is 0 Å². The molecule has 0 aliphatic rings. The highest BCUT2D eigenvalue weighted by Gasteiger charge is 2.15. The fourth-order valence-electron chi connectivity index (χ4n) is 2.84. The smallest absolute Gasteiger partial charge is 0.243 e. The standard InChI is InChI=1S/C21H24NO3/c1-5-14-8-6-10-16-17-11-7-9-15(20(17)24-19(14)16)12-13-18(23)22-25-21(2,3)4/h6-11H,1,5,12-13H2,2-4H3,(H,22,23). The number of hydrogen-bond acceptors (Lipinski definition) is 3. The van der Waals surface area contributed by atoms with Crippen LogP contribution < -0.4 is 5.48 Å². The van der Waals surface area contributed by atoms with E-state index >= 15 is 0 Å². The van der Waals surface area contributed by atoms with E-state index in [4.69, 9.17) is 9.25 Å². The van der Waals surface area contributed by atoms with Gasteiger partial charge in [0.25, 0.3) is 0 Å². The van der Waals surface area contributed by atoms with E-state index in [9.17, 15) is 4.79 Å². The van der Waals surface area contributed by atoms with E-state index in [0.717, 1.165) is 33.1 Å². The minimum Gasteiger partial charge on any atom is -0.455 e. The number of aryl methyl sites for hydroxylation is 1. The Bertz CT molecular complexity index is 903. The fraction of sp³-hybridized carbons (Fsp3) is 0.333. The molecule has 2 aromatic carbocycles. The maximum absolute atomic E-state index is 12.0. The lowest BCUT2D eigenvalue weighted by atomic mass is 10.0. The van der Waals surface area contributed by atoms with Crippen molar-refractivity contribution >= 4 is 27.8 Å². The van der Waals surface area contributed by atoms with Gasteiger partial charge in [0.05, 0.1) is 5.60 Å². The summed E-state index contributed by atoms with van der Waals surface area (Å²) >= 11 is 0. The van der Waals surface area contributed by atoms with E-state index in [1.54, 1.807) is 0 Å². The lowest BCUT2D eigenvalue weighted by Crippen LogP contribution is -2.33. The van der Waals surface area contributed by atoms with Gasteiger partial charge in [0.1, 0.15) is 11.2 Å². The molecule has 1 aromatic heterocycles. The van der Waals surface area contributed by atoms with Gasteiger partial charge in [0, 0.05) is 17.2 Å². The minimum absolute atomic E-state index is 0.138. The third-order valence-electron chi connectivity index (χ3n) is 4.05. The van der Waals surface area contributed by atoms with E-state index in [0.29, 0.717) is 19.3 Å². The van der Waals surface area contributed by atoms with Gasteiger partial charge in [0.2, 0.25) is 5.91 Å². The summed E-state index contributed by atoms with van der Waals surface area (Å²) in [7, 11) is 0. The molecule has 1 amide bonds. The van der Waals surface area contributed by atoms with E-state index in [-0.39, 0.29) is 5.91 Å². The Morgan fingerprint density at radius 2 is 1.68 bits per heavy atom. The molecule has 25 heavy (non-hydrogen) atoms. The van der Waals surface area contributed by atoms with Crippen molar-refractivity contribution in [2.75, 3.05) is 0 Å². The molecular weight excluding hydrogens is 314 g/mol. The number of hydroxylamine groups is 1. The molecule has 1 radical (unpaired) electrons. The highest BCUT2D eigenvalue weighted by Crippen LogP contribution is 2.33. The first kappa shape index (κ1) is 17.5. The van der Waals surface area contributed by atoms with Gasteiger partial charge in [-0.3, -0.25) is 9.63 Å². The zero-order chi connectivity index (χ0) is 18.0. The van der Waals surface area contributed by atoms with E-state index < -0.39 is 5.60 Å². The molecule has 1 heterocycles. The second-order valence-corrected chi connectivity index (χ2v) is 7.18. The van der Waals surface area contributed by atoms with Crippen LogP contribution in [0.4, 0.5) is 0 Å². The van der Waals surface area contributed by atoms with E-state index in [1.165, 1.54) is 0 Å². The third kappa shape index (κ3) is 3.85. The lowest BCUT2D eigenvalue weighted by Gasteiger charge is -2.18. The zero-order valence-corrected chi connectivity index (χ0v) is 15.0. The van der Waals surface area contributed by atoms with Crippen LogP contribution in [0.5, 0.6) is 0 Å². The van der Waals surface area contributed by atoms with Crippen LogP contribution in [0.2, 0.25) is 0 Å². The molecule has 3 aromatic rings. The van der Waals surface area contributed by atoms with Gasteiger partial charge in [-0.15, -0.1) is 0 Å². The molecule has 1 N–H and O–H groups in total. The molecular formula is C21H24NO3. The van der Waals surface area contributed by atoms with Gasteiger partial charge in [-0.1, -0.05) is 36.4 Å². The number of furan rings is 1.